The van der Waals surface area contributed by atoms with Crippen LogP contribution >= 0.6 is 0 Å². The maximum atomic E-state index is 11.8. The molecule has 0 radical (unpaired) electrons. The molecule has 0 N–H and O–H groups in total. The van der Waals surface area contributed by atoms with Crippen LogP contribution in [-0.4, -0.2) is 5.97 Å². The zero-order valence-electron chi connectivity index (χ0n) is 12.1. The molecule has 0 atom stereocenters. The second kappa shape index (κ2) is 6.72. The number of ether oxygens (including phenoxy) is 1. The molecule has 3 rings (SSSR count). The third kappa shape index (κ3) is 3.61. The van der Waals surface area contributed by atoms with E-state index in [9.17, 15) is 4.79 Å². The van der Waals surface area contributed by atoms with E-state index in [1.54, 1.807) is 0 Å². The van der Waals surface area contributed by atoms with E-state index >= 15 is 0 Å². The summed E-state index contributed by atoms with van der Waals surface area (Å²) in [5.41, 5.74) is 1.16. The van der Waals surface area contributed by atoms with Crippen molar-refractivity contribution in [2.75, 3.05) is 0 Å². The fourth-order valence-electron chi connectivity index (χ4n) is 2.29. The van der Waals surface area contributed by atoms with Crippen molar-refractivity contribution >= 4 is 16.7 Å². The standard InChI is InChI=1S/C20H16O2/c21-20(12-6-9-16-7-2-1-3-8-16)22-19-14-13-17-10-4-5-11-18(17)15-19/h1-8,10-15H,9H2. The van der Waals surface area contributed by atoms with Gasteiger partial charge < -0.3 is 4.74 Å². The van der Waals surface area contributed by atoms with E-state index in [2.05, 4.69) is 0 Å². The Kier molecular flexibility index (Phi) is 4.30. The van der Waals surface area contributed by atoms with Crippen LogP contribution in [0.5, 0.6) is 5.75 Å². The normalized spacial score (nSPS) is 10.9. The van der Waals surface area contributed by atoms with E-state index in [0.717, 1.165) is 16.3 Å². The van der Waals surface area contributed by atoms with Crippen LogP contribution in [0.1, 0.15) is 5.56 Å². The van der Waals surface area contributed by atoms with E-state index in [4.69, 9.17) is 4.74 Å². The highest BCUT2D eigenvalue weighted by Crippen LogP contribution is 2.20. The summed E-state index contributed by atoms with van der Waals surface area (Å²) < 4.78 is 5.33. The minimum Gasteiger partial charge on any atom is -0.423 e. The zero-order chi connectivity index (χ0) is 15.2. The smallest absolute Gasteiger partial charge is 0.335 e. The molecule has 0 heterocycles. The molecule has 108 valence electrons. The van der Waals surface area contributed by atoms with Gasteiger partial charge in [0.25, 0.3) is 0 Å². The SMILES string of the molecule is O=C(C=CCc1ccccc1)Oc1ccc2ccccc2c1. The Bertz CT molecular complexity index is 804. The number of esters is 1. The number of carbonyl (C=O) groups excluding carboxylic acids is 1. The third-order valence-corrected chi connectivity index (χ3v) is 3.39. The van der Waals surface area contributed by atoms with Gasteiger partial charge in [0.15, 0.2) is 0 Å². The third-order valence-electron chi connectivity index (χ3n) is 3.39. The molecule has 0 fully saturated rings. The first-order valence-electron chi connectivity index (χ1n) is 7.22. The molecule has 0 aliphatic heterocycles. The van der Waals surface area contributed by atoms with Gasteiger partial charge in [0.05, 0.1) is 0 Å². The number of benzene rings is 3. The van der Waals surface area contributed by atoms with E-state index < -0.39 is 0 Å². The predicted molar refractivity (Wildman–Crippen MR) is 88.9 cm³/mol. The lowest BCUT2D eigenvalue weighted by molar-refractivity contribution is -0.128. The van der Waals surface area contributed by atoms with Crippen molar-refractivity contribution in [2.45, 2.75) is 6.42 Å². The number of hydrogen-bond donors (Lipinski definition) is 0. The monoisotopic (exact) mass is 288 g/mol. The molecule has 0 saturated carbocycles. The van der Waals surface area contributed by atoms with Crippen LogP contribution in [0, 0.1) is 0 Å². The Hall–Kier alpha value is -2.87. The van der Waals surface area contributed by atoms with Crippen molar-refractivity contribution in [2.24, 2.45) is 0 Å². The molecule has 2 nitrogen and oxygen atoms in total. The van der Waals surface area contributed by atoms with Crippen molar-refractivity contribution in [3.05, 3.63) is 90.5 Å². The van der Waals surface area contributed by atoms with E-state index in [0.29, 0.717) is 12.2 Å². The highest BCUT2D eigenvalue weighted by atomic mass is 16.5. The van der Waals surface area contributed by atoms with Crippen LogP contribution in [0.15, 0.2) is 84.9 Å². The largest absolute Gasteiger partial charge is 0.423 e. The molecule has 0 spiro atoms. The lowest BCUT2D eigenvalue weighted by Crippen LogP contribution is -2.03. The summed E-state index contributed by atoms with van der Waals surface area (Å²) in [7, 11) is 0. The fourth-order valence-corrected chi connectivity index (χ4v) is 2.29. The molecule has 2 heteroatoms. The van der Waals surface area contributed by atoms with Crippen molar-refractivity contribution in [3.8, 4) is 5.75 Å². The van der Waals surface area contributed by atoms with E-state index in [1.807, 2.05) is 78.9 Å². The number of fused-ring (bicyclic) bond motifs is 1. The molecule has 0 bridgehead atoms. The Labute approximate surface area is 129 Å². The number of allylic oxidation sites excluding steroid dienone is 1. The summed E-state index contributed by atoms with van der Waals surface area (Å²) in [6, 6.07) is 23.6. The quantitative estimate of drug-likeness (QED) is 0.400. The molecular formula is C20H16O2. The molecule has 3 aromatic rings. The molecule has 0 aliphatic rings. The van der Waals surface area contributed by atoms with Gasteiger partial charge in [-0.1, -0.05) is 66.7 Å². The second-order valence-electron chi connectivity index (χ2n) is 5.02. The number of hydrogen-bond acceptors (Lipinski definition) is 2. The van der Waals surface area contributed by atoms with Crippen LogP contribution in [0.2, 0.25) is 0 Å². The lowest BCUT2D eigenvalue weighted by atomic mass is 10.1. The second-order valence-corrected chi connectivity index (χ2v) is 5.02. The predicted octanol–water partition coefficient (Wildman–Crippen LogP) is 4.54. The summed E-state index contributed by atoms with van der Waals surface area (Å²) in [4.78, 5) is 11.8. The molecule has 0 aromatic heterocycles. The van der Waals surface area contributed by atoms with Gasteiger partial charge in [0.1, 0.15) is 5.75 Å². The summed E-state index contributed by atoms with van der Waals surface area (Å²) in [6.07, 6.45) is 4.01. The van der Waals surface area contributed by atoms with Gasteiger partial charge in [-0.15, -0.1) is 0 Å². The van der Waals surface area contributed by atoms with Gasteiger partial charge in [-0.05, 0) is 34.9 Å². The van der Waals surface area contributed by atoms with E-state index in [-0.39, 0.29) is 5.97 Å². The van der Waals surface area contributed by atoms with Crippen LogP contribution < -0.4 is 4.74 Å². The van der Waals surface area contributed by atoms with Crippen molar-refractivity contribution in [1.82, 2.24) is 0 Å². The first kappa shape index (κ1) is 14.1. The first-order valence-corrected chi connectivity index (χ1v) is 7.22. The Morgan fingerprint density at radius 3 is 2.41 bits per heavy atom. The molecular weight excluding hydrogens is 272 g/mol. The molecule has 0 amide bonds. The summed E-state index contributed by atoms with van der Waals surface area (Å²) in [6.45, 7) is 0. The molecule has 22 heavy (non-hydrogen) atoms. The maximum absolute atomic E-state index is 11.8. The molecule has 3 aromatic carbocycles. The van der Waals surface area contributed by atoms with Crippen LogP contribution in [-0.2, 0) is 11.2 Å². The molecule has 0 saturated heterocycles. The average molecular weight is 288 g/mol. The first-order chi connectivity index (χ1) is 10.8. The highest BCUT2D eigenvalue weighted by molar-refractivity contribution is 5.87. The summed E-state index contributed by atoms with van der Waals surface area (Å²) in [5.74, 6) is 0.208. The summed E-state index contributed by atoms with van der Waals surface area (Å²) in [5, 5.41) is 2.18. The minimum absolute atomic E-state index is 0.355. The Balaban J connectivity index is 1.63. The van der Waals surface area contributed by atoms with Gasteiger partial charge in [0, 0.05) is 6.08 Å². The number of carbonyl (C=O) groups is 1. The van der Waals surface area contributed by atoms with Crippen molar-refractivity contribution in [3.63, 3.8) is 0 Å². The van der Waals surface area contributed by atoms with Crippen LogP contribution in [0.25, 0.3) is 10.8 Å². The highest BCUT2D eigenvalue weighted by Gasteiger charge is 2.01. The van der Waals surface area contributed by atoms with E-state index in [1.165, 1.54) is 6.08 Å². The Morgan fingerprint density at radius 2 is 1.59 bits per heavy atom. The Morgan fingerprint density at radius 1 is 0.864 bits per heavy atom. The number of rotatable bonds is 4. The van der Waals surface area contributed by atoms with Gasteiger partial charge >= 0.3 is 5.97 Å². The van der Waals surface area contributed by atoms with Crippen molar-refractivity contribution < 1.29 is 9.53 Å². The van der Waals surface area contributed by atoms with Gasteiger partial charge in [-0.3, -0.25) is 0 Å². The maximum Gasteiger partial charge on any atom is 0.335 e. The van der Waals surface area contributed by atoms with Gasteiger partial charge in [-0.2, -0.15) is 0 Å². The zero-order valence-corrected chi connectivity index (χ0v) is 12.1. The summed E-state index contributed by atoms with van der Waals surface area (Å²) >= 11 is 0. The molecule has 0 aliphatic carbocycles. The average Bonchev–Trinajstić information content (AvgIpc) is 2.56. The van der Waals surface area contributed by atoms with Crippen LogP contribution in [0.4, 0.5) is 0 Å². The minimum atomic E-state index is -0.355. The van der Waals surface area contributed by atoms with Crippen molar-refractivity contribution in [1.29, 1.82) is 0 Å². The van der Waals surface area contributed by atoms with Gasteiger partial charge in [0.2, 0.25) is 0 Å². The van der Waals surface area contributed by atoms with Crippen LogP contribution in [0.3, 0.4) is 0 Å². The van der Waals surface area contributed by atoms with Gasteiger partial charge in [-0.25, -0.2) is 4.79 Å². The fraction of sp³-hybridized carbons (Fsp3) is 0.0500. The molecule has 0 unspecified atom stereocenters. The topological polar surface area (TPSA) is 26.3 Å². The lowest BCUT2D eigenvalue weighted by Gasteiger charge is -2.03.